The molecule has 92 valence electrons. The van der Waals surface area contributed by atoms with Gasteiger partial charge in [-0.05, 0) is 24.5 Å². The molecule has 2 N–H and O–H groups in total. The Labute approximate surface area is 99.9 Å². The quantitative estimate of drug-likeness (QED) is 0.807. The predicted molar refractivity (Wildman–Crippen MR) is 62.6 cm³/mol. The molecule has 0 aliphatic heterocycles. The number of nitrogens with zero attached hydrogens (tertiary/aromatic N) is 1. The highest BCUT2D eigenvalue weighted by molar-refractivity contribution is 5.94. The highest BCUT2D eigenvalue weighted by Crippen LogP contribution is 2.06. The summed E-state index contributed by atoms with van der Waals surface area (Å²) in [7, 11) is 0. The smallest absolute Gasteiger partial charge is 0.326 e. The lowest BCUT2D eigenvalue weighted by Gasteiger charge is -2.15. The third kappa shape index (κ3) is 4.22. The Kier molecular flexibility index (Phi) is 4.63. The first-order chi connectivity index (χ1) is 8.00. The third-order valence-corrected chi connectivity index (χ3v) is 2.21. The van der Waals surface area contributed by atoms with E-state index in [-0.39, 0.29) is 11.6 Å². The minimum Gasteiger partial charge on any atom is -0.480 e. The van der Waals surface area contributed by atoms with Crippen molar-refractivity contribution in [3.63, 3.8) is 0 Å². The van der Waals surface area contributed by atoms with E-state index >= 15 is 0 Å². The number of aromatic nitrogens is 1. The Bertz CT molecular complexity index is 390. The zero-order valence-electron chi connectivity index (χ0n) is 9.88. The summed E-state index contributed by atoms with van der Waals surface area (Å²) in [4.78, 5) is 26.5. The van der Waals surface area contributed by atoms with Gasteiger partial charge >= 0.3 is 5.97 Å². The van der Waals surface area contributed by atoms with Gasteiger partial charge in [-0.25, -0.2) is 4.79 Å². The fourth-order valence-corrected chi connectivity index (χ4v) is 1.42. The predicted octanol–water partition coefficient (Wildman–Crippen LogP) is 1.31. The minimum absolute atomic E-state index is 0.195. The summed E-state index contributed by atoms with van der Waals surface area (Å²) < 4.78 is 0. The first kappa shape index (κ1) is 13.2. The van der Waals surface area contributed by atoms with E-state index in [4.69, 9.17) is 5.11 Å². The first-order valence-corrected chi connectivity index (χ1v) is 5.45. The van der Waals surface area contributed by atoms with E-state index in [1.807, 2.05) is 13.8 Å². The van der Waals surface area contributed by atoms with Crippen LogP contribution in [0.25, 0.3) is 0 Å². The third-order valence-electron chi connectivity index (χ3n) is 2.21. The Balaban J connectivity index is 2.68. The van der Waals surface area contributed by atoms with Crippen LogP contribution in [-0.4, -0.2) is 28.0 Å². The van der Waals surface area contributed by atoms with Gasteiger partial charge in [0.1, 0.15) is 11.7 Å². The van der Waals surface area contributed by atoms with Gasteiger partial charge in [0.05, 0.1) is 0 Å². The van der Waals surface area contributed by atoms with E-state index in [9.17, 15) is 9.59 Å². The van der Waals surface area contributed by atoms with Crippen LogP contribution in [-0.2, 0) is 4.79 Å². The van der Waals surface area contributed by atoms with Crippen molar-refractivity contribution in [1.82, 2.24) is 10.3 Å². The van der Waals surface area contributed by atoms with E-state index in [2.05, 4.69) is 10.3 Å². The van der Waals surface area contributed by atoms with Gasteiger partial charge in [0.25, 0.3) is 5.91 Å². The fourth-order valence-electron chi connectivity index (χ4n) is 1.42. The molecule has 1 heterocycles. The molecule has 17 heavy (non-hydrogen) atoms. The summed E-state index contributed by atoms with van der Waals surface area (Å²) in [5.41, 5.74) is 0.225. The molecular formula is C12H16N2O3. The van der Waals surface area contributed by atoms with E-state index in [0.717, 1.165) is 0 Å². The lowest BCUT2D eigenvalue weighted by Crippen LogP contribution is -2.41. The largest absolute Gasteiger partial charge is 0.480 e. The normalized spacial score (nSPS) is 12.2. The number of amides is 1. The summed E-state index contributed by atoms with van der Waals surface area (Å²) in [5.74, 6) is -1.29. The number of aliphatic carboxylic acids is 1. The Morgan fingerprint density at radius 2 is 2.12 bits per heavy atom. The topological polar surface area (TPSA) is 79.3 Å². The number of rotatable bonds is 5. The number of carboxylic acid groups (broad SMARTS) is 1. The number of hydrogen-bond donors (Lipinski definition) is 2. The Morgan fingerprint density at radius 3 is 2.59 bits per heavy atom. The number of carbonyl (C=O) groups excluding carboxylic acids is 1. The second kappa shape index (κ2) is 5.98. The molecule has 1 rings (SSSR count). The second-order valence-corrected chi connectivity index (χ2v) is 4.21. The maximum atomic E-state index is 11.7. The van der Waals surface area contributed by atoms with Crippen molar-refractivity contribution >= 4 is 11.9 Å². The standard InChI is InChI=1S/C12H16N2O3/c1-8(2)7-10(12(16)17)14-11(15)9-5-3-4-6-13-9/h3-6,8,10H,7H2,1-2H3,(H,14,15)(H,16,17)/t10-/m0/s1. The lowest BCUT2D eigenvalue weighted by atomic mass is 10.0. The average molecular weight is 236 g/mol. The van der Waals surface area contributed by atoms with Crippen LogP contribution in [0.3, 0.4) is 0 Å². The molecule has 0 unspecified atom stereocenters. The van der Waals surface area contributed by atoms with Crippen molar-refractivity contribution in [2.45, 2.75) is 26.3 Å². The molecule has 1 aromatic rings. The Morgan fingerprint density at radius 1 is 1.41 bits per heavy atom. The number of nitrogens with one attached hydrogen (secondary N) is 1. The zero-order valence-corrected chi connectivity index (χ0v) is 9.88. The number of carboxylic acids is 1. The van der Waals surface area contributed by atoms with Crippen LogP contribution >= 0.6 is 0 Å². The summed E-state index contributed by atoms with van der Waals surface area (Å²) in [6.45, 7) is 3.81. The summed E-state index contributed by atoms with van der Waals surface area (Å²) >= 11 is 0. The van der Waals surface area contributed by atoms with Crippen molar-refractivity contribution in [3.8, 4) is 0 Å². The zero-order chi connectivity index (χ0) is 12.8. The molecule has 0 fully saturated rings. The monoisotopic (exact) mass is 236 g/mol. The molecular weight excluding hydrogens is 220 g/mol. The van der Waals surface area contributed by atoms with Gasteiger partial charge in [0, 0.05) is 6.20 Å². The van der Waals surface area contributed by atoms with Crippen molar-refractivity contribution < 1.29 is 14.7 Å². The van der Waals surface area contributed by atoms with Gasteiger partial charge in [0.15, 0.2) is 0 Å². The second-order valence-electron chi connectivity index (χ2n) is 4.21. The average Bonchev–Trinajstić information content (AvgIpc) is 2.28. The van der Waals surface area contributed by atoms with Crippen LogP contribution in [0, 0.1) is 5.92 Å². The molecule has 1 aromatic heterocycles. The summed E-state index contributed by atoms with van der Waals surface area (Å²) in [6.07, 6.45) is 1.89. The van der Waals surface area contributed by atoms with E-state index in [0.29, 0.717) is 6.42 Å². The van der Waals surface area contributed by atoms with Crippen LogP contribution in [0.15, 0.2) is 24.4 Å². The van der Waals surface area contributed by atoms with Gasteiger partial charge < -0.3 is 10.4 Å². The van der Waals surface area contributed by atoms with E-state index in [1.54, 1.807) is 18.2 Å². The van der Waals surface area contributed by atoms with Crippen LogP contribution in [0.2, 0.25) is 0 Å². The molecule has 1 atom stereocenters. The summed E-state index contributed by atoms with van der Waals surface area (Å²) in [6, 6.07) is 4.05. The van der Waals surface area contributed by atoms with Crippen LogP contribution < -0.4 is 5.32 Å². The fraction of sp³-hybridized carbons (Fsp3) is 0.417. The molecule has 0 bridgehead atoms. The van der Waals surface area contributed by atoms with Crippen LogP contribution in [0.5, 0.6) is 0 Å². The highest BCUT2D eigenvalue weighted by atomic mass is 16.4. The molecule has 0 spiro atoms. The maximum absolute atomic E-state index is 11.7. The highest BCUT2D eigenvalue weighted by Gasteiger charge is 2.21. The first-order valence-electron chi connectivity index (χ1n) is 5.45. The molecule has 5 heteroatoms. The summed E-state index contributed by atoms with van der Waals surface area (Å²) in [5, 5.41) is 11.4. The van der Waals surface area contributed by atoms with Crippen molar-refractivity contribution in [3.05, 3.63) is 30.1 Å². The molecule has 0 saturated carbocycles. The van der Waals surface area contributed by atoms with Crippen LogP contribution in [0.1, 0.15) is 30.8 Å². The molecule has 0 aliphatic rings. The molecule has 5 nitrogen and oxygen atoms in total. The van der Waals surface area contributed by atoms with Gasteiger partial charge in [-0.3, -0.25) is 9.78 Å². The number of hydrogen-bond acceptors (Lipinski definition) is 3. The number of carbonyl (C=O) groups is 2. The molecule has 0 radical (unpaired) electrons. The minimum atomic E-state index is -1.03. The molecule has 0 saturated heterocycles. The number of pyridine rings is 1. The SMILES string of the molecule is CC(C)C[C@H](NC(=O)c1ccccn1)C(=O)O. The van der Waals surface area contributed by atoms with Gasteiger partial charge in [0.2, 0.25) is 0 Å². The van der Waals surface area contributed by atoms with Gasteiger partial charge in [-0.1, -0.05) is 19.9 Å². The molecule has 1 amide bonds. The van der Waals surface area contributed by atoms with E-state index in [1.165, 1.54) is 6.20 Å². The van der Waals surface area contributed by atoms with Crippen LogP contribution in [0.4, 0.5) is 0 Å². The van der Waals surface area contributed by atoms with Crippen molar-refractivity contribution in [1.29, 1.82) is 0 Å². The van der Waals surface area contributed by atoms with E-state index < -0.39 is 17.9 Å². The maximum Gasteiger partial charge on any atom is 0.326 e. The lowest BCUT2D eigenvalue weighted by molar-refractivity contribution is -0.139. The van der Waals surface area contributed by atoms with Gasteiger partial charge in [-0.2, -0.15) is 0 Å². The van der Waals surface area contributed by atoms with Gasteiger partial charge in [-0.15, -0.1) is 0 Å². The molecule has 0 aliphatic carbocycles. The molecule has 0 aromatic carbocycles. The van der Waals surface area contributed by atoms with Crippen molar-refractivity contribution in [2.24, 2.45) is 5.92 Å². The van der Waals surface area contributed by atoms with Crippen molar-refractivity contribution in [2.75, 3.05) is 0 Å². The Hall–Kier alpha value is -1.91.